The third-order valence-corrected chi connectivity index (χ3v) is 5.66. The van der Waals surface area contributed by atoms with E-state index in [1.165, 1.54) is 47.6 Å². The number of nitrogens with zero attached hydrogens (tertiary/aromatic N) is 2. The molecule has 0 amide bonds. The van der Waals surface area contributed by atoms with Crippen LogP contribution in [-0.4, -0.2) is 9.97 Å². The van der Waals surface area contributed by atoms with E-state index in [1.807, 2.05) is 24.3 Å². The summed E-state index contributed by atoms with van der Waals surface area (Å²) in [7, 11) is 0. The Bertz CT molecular complexity index is 1150. The molecule has 0 spiro atoms. The van der Waals surface area contributed by atoms with E-state index in [9.17, 15) is 0 Å². The number of fused-ring (bicyclic) bond motifs is 5. The summed E-state index contributed by atoms with van der Waals surface area (Å²) in [5, 5.41) is 3.91. The zero-order valence-corrected chi connectivity index (χ0v) is 15.8. The Balaban J connectivity index is 0.000000145. The van der Waals surface area contributed by atoms with Crippen molar-refractivity contribution in [1.82, 2.24) is 9.97 Å². The van der Waals surface area contributed by atoms with Crippen LogP contribution in [0.1, 0.15) is 30.4 Å². The summed E-state index contributed by atoms with van der Waals surface area (Å²) < 4.78 is 0. The second-order valence-electron chi connectivity index (χ2n) is 7.32. The number of aromatic nitrogens is 2. The van der Waals surface area contributed by atoms with Gasteiger partial charge in [0.15, 0.2) is 5.65 Å². The first kappa shape index (κ1) is 16.9. The molecule has 2 aliphatic carbocycles. The second kappa shape index (κ2) is 7.40. The zero-order chi connectivity index (χ0) is 18.8. The first-order valence-electron chi connectivity index (χ1n) is 9.95. The Morgan fingerprint density at radius 1 is 0.679 bits per heavy atom. The summed E-state index contributed by atoms with van der Waals surface area (Å²) in [4.78, 5) is 8.14. The molecule has 0 atom stereocenters. The Kier molecular flexibility index (Phi) is 4.46. The van der Waals surface area contributed by atoms with Gasteiger partial charge in [0.25, 0.3) is 0 Å². The first-order chi connectivity index (χ1) is 13.9. The number of hydrogen-bond acceptors (Lipinski definition) is 2. The van der Waals surface area contributed by atoms with Crippen LogP contribution in [0.3, 0.4) is 0 Å². The summed E-state index contributed by atoms with van der Waals surface area (Å²) >= 11 is 0. The van der Waals surface area contributed by atoms with Crippen molar-refractivity contribution in [3.63, 3.8) is 0 Å². The fraction of sp³-hybridized carbons (Fsp3) is 0.154. The molecule has 0 radical (unpaired) electrons. The van der Waals surface area contributed by atoms with Crippen molar-refractivity contribution in [1.29, 1.82) is 0 Å². The van der Waals surface area contributed by atoms with Crippen LogP contribution in [-0.2, 0) is 6.42 Å². The molecule has 2 heterocycles. The lowest BCUT2D eigenvalue weighted by atomic mass is 9.80. The molecule has 136 valence electrons. The Labute approximate surface area is 165 Å². The molecular weight excluding hydrogens is 340 g/mol. The Hall–Kier alpha value is -3.26. The molecule has 0 saturated heterocycles. The molecule has 2 heteroatoms. The zero-order valence-electron chi connectivity index (χ0n) is 15.8. The average Bonchev–Trinajstić information content (AvgIpc) is 2.79. The standard InChI is InChI=1S/C18H16.C8H6N2/c1-3-7-15-13(5-1)9-11-18-16-8-4-2-6-14(16)10-12-17(15)18;1-3-7-4-2-6-10-8(7)9-5-1/h1,3-5,7-9,11H,2,6,10,12H2;1-6H. The van der Waals surface area contributed by atoms with E-state index in [0.29, 0.717) is 0 Å². The predicted molar refractivity (Wildman–Crippen MR) is 117 cm³/mol. The number of benzene rings is 2. The summed E-state index contributed by atoms with van der Waals surface area (Å²) in [6, 6.07) is 21.2. The molecule has 0 unspecified atom stereocenters. The number of allylic oxidation sites excluding steroid dienone is 4. The van der Waals surface area contributed by atoms with Gasteiger partial charge in [-0.2, -0.15) is 0 Å². The number of hydrogen-bond donors (Lipinski definition) is 0. The van der Waals surface area contributed by atoms with E-state index < -0.39 is 0 Å². The Morgan fingerprint density at radius 3 is 2.29 bits per heavy atom. The molecule has 2 aromatic heterocycles. The van der Waals surface area contributed by atoms with Crippen molar-refractivity contribution in [3.05, 3.63) is 102 Å². The molecule has 2 aliphatic rings. The smallest absolute Gasteiger partial charge is 0.159 e. The SMILES string of the molecule is C1=CC2=C(CC1)CCc1c2ccc2ccccc12.c1cnc2ncccc2c1. The number of pyridine rings is 2. The van der Waals surface area contributed by atoms with Crippen LogP contribution >= 0.6 is 0 Å². The van der Waals surface area contributed by atoms with E-state index in [-0.39, 0.29) is 0 Å². The molecule has 6 rings (SSSR count). The quantitative estimate of drug-likeness (QED) is 0.356. The molecule has 28 heavy (non-hydrogen) atoms. The van der Waals surface area contributed by atoms with Gasteiger partial charge in [-0.25, -0.2) is 9.97 Å². The van der Waals surface area contributed by atoms with Crippen LogP contribution < -0.4 is 0 Å². The molecule has 0 aliphatic heterocycles. The van der Waals surface area contributed by atoms with Gasteiger partial charge in [0.1, 0.15) is 0 Å². The molecule has 0 fully saturated rings. The lowest BCUT2D eigenvalue weighted by molar-refractivity contribution is 0.831. The topological polar surface area (TPSA) is 25.8 Å². The monoisotopic (exact) mass is 362 g/mol. The van der Waals surface area contributed by atoms with Gasteiger partial charge < -0.3 is 0 Å². The van der Waals surface area contributed by atoms with E-state index in [2.05, 4.69) is 58.5 Å². The van der Waals surface area contributed by atoms with Crippen molar-refractivity contribution in [3.8, 4) is 0 Å². The van der Waals surface area contributed by atoms with Crippen LogP contribution in [0.5, 0.6) is 0 Å². The lowest BCUT2D eigenvalue weighted by Crippen LogP contribution is -2.06. The molecule has 2 nitrogen and oxygen atoms in total. The summed E-state index contributed by atoms with van der Waals surface area (Å²) in [6.45, 7) is 0. The maximum absolute atomic E-state index is 4.07. The Morgan fingerprint density at radius 2 is 1.46 bits per heavy atom. The third kappa shape index (κ3) is 3.11. The predicted octanol–water partition coefficient (Wildman–Crippen LogP) is 6.52. The highest BCUT2D eigenvalue weighted by atomic mass is 14.8. The average molecular weight is 362 g/mol. The van der Waals surface area contributed by atoms with Crippen LogP contribution in [0.2, 0.25) is 0 Å². The molecule has 0 N–H and O–H groups in total. The van der Waals surface area contributed by atoms with Crippen LogP contribution in [0.15, 0.2) is 90.8 Å². The van der Waals surface area contributed by atoms with Crippen molar-refractivity contribution < 1.29 is 0 Å². The molecule has 0 bridgehead atoms. The minimum Gasteiger partial charge on any atom is -0.237 e. The van der Waals surface area contributed by atoms with Gasteiger partial charge in [-0.05, 0) is 77.4 Å². The van der Waals surface area contributed by atoms with Crippen LogP contribution in [0.25, 0.3) is 27.4 Å². The van der Waals surface area contributed by atoms with E-state index in [0.717, 1.165) is 11.0 Å². The normalized spacial score (nSPS) is 15.0. The van der Waals surface area contributed by atoms with Crippen molar-refractivity contribution in [2.75, 3.05) is 0 Å². The fourth-order valence-corrected chi connectivity index (χ4v) is 4.29. The highest BCUT2D eigenvalue weighted by molar-refractivity contribution is 5.93. The fourth-order valence-electron chi connectivity index (χ4n) is 4.29. The second-order valence-corrected chi connectivity index (χ2v) is 7.32. The van der Waals surface area contributed by atoms with Crippen LogP contribution in [0.4, 0.5) is 0 Å². The van der Waals surface area contributed by atoms with Crippen LogP contribution in [0, 0.1) is 0 Å². The highest BCUT2D eigenvalue weighted by Crippen LogP contribution is 2.39. The first-order valence-corrected chi connectivity index (χ1v) is 9.95. The minimum absolute atomic E-state index is 0.810. The van der Waals surface area contributed by atoms with Gasteiger partial charge in [0.05, 0.1) is 0 Å². The number of aryl methyl sites for hydroxylation is 1. The van der Waals surface area contributed by atoms with E-state index in [1.54, 1.807) is 23.5 Å². The van der Waals surface area contributed by atoms with E-state index in [4.69, 9.17) is 0 Å². The molecule has 4 aromatic rings. The summed E-state index contributed by atoms with van der Waals surface area (Å²) in [6.07, 6.45) is 13.1. The van der Waals surface area contributed by atoms with Crippen molar-refractivity contribution in [2.24, 2.45) is 0 Å². The molecule has 2 aromatic carbocycles. The number of rotatable bonds is 0. The van der Waals surface area contributed by atoms with Gasteiger partial charge in [-0.15, -0.1) is 0 Å². The summed E-state index contributed by atoms with van der Waals surface area (Å²) in [5.74, 6) is 0. The van der Waals surface area contributed by atoms with Gasteiger partial charge >= 0.3 is 0 Å². The maximum atomic E-state index is 4.07. The van der Waals surface area contributed by atoms with Gasteiger partial charge in [-0.1, -0.05) is 54.1 Å². The van der Waals surface area contributed by atoms with Gasteiger partial charge in [-0.3, -0.25) is 0 Å². The van der Waals surface area contributed by atoms with Gasteiger partial charge in [0, 0.05) is 17.8 Å². The third-order valence-electron chi connectivity index (χ3n) is 5.66. The van der Waals surface area contributed by atoms with Crippen molar-refractivity contribution >= 4 is 27.4 Å². The van der Waals surface area contributed by atoms with Crippen molar-refractivity contribution in [2.45, 2.75) is 25.7 Å². The maximum Gasteiger partial charge on any atom is 0.159 e. The van der Waals surface area contributed by atoms with Gasteiger partial charge in [0.2, 0.25) is 0 Å². The molecular formula is C26H22N2. The van der Waals surface area contributed by atoms with E-state index >= 15 is 0 Å². The summed E-state index contributed by atoms with van der Waals surface area (Å²) in [5.41, 5.74) is 7.02. The lowest BCUT2D eigenvalue weighted by Gasteiger charge is -2.25. The highest BCUT2D eigenvalue weighted by Gasteiger charge is 2.20. The largest absolute Gasteiger partial charge is 0.237 e. The molecule has 0 saturated carbocycles. The minimum atomic E-state index is 0.810.